The number of hydrogen-bond acceptors (Lipinski definition) is 30. The van der Waals surface area contributed by atoms with Crippen LogP contribution < -0.4 is 37.2 Å². The first-order valence-electron chi connectivity index (χ1n) is 46.8. The SMILES string of the molecule is CN(Cc1nc2ccccc2[nH]1)C(=O)c1ccc2c(c1)CN(CCCOCCOCCOCCCNC(=O)CC[C@H](NC(=O)[C@H](CCC(=O)O)NC(=O)[C@H](CCC(=O)O)NC(=O)CN1CCN(CC(=O)O)CCN(CC(=O)O)CCN(CC(=O)O)CC1)C(=O)NCCCOCCOCCOCCCN1Cc3cc(C(=O)N(C)Cc4nc5ccccc5[nH]4)ccc3N[C@@H](CC(=O)O)C1=O)C(=O)[C@H](CC(=O)O)N2. The molecule has 2 aromatic heterocycles. The predicted octanol–water partition coefficient (Wildman–Crippen LogP) is 0.211. The summed E-state index contributed by atoms with van der Waals surface area (Å²) in [6.07, 6.45) is -2.94. The Balaban J connectivity index is 0.725. The quantitative estimate of drug-likeness (QED) is 0.0227. The zero-order valence-corrected chi connectivity index (χ0v) is 79.2. The van der Waals surface area contributed by atoms with Gasteiger partial charge in [-0.05, 0) is 117 Å². The molecule has 3 aliphatic rings. The number of amides is 9. The van der Waals surface area contributed by atoms with E-state index in [4.69, 9.17) is 28.4 Å². The molecule has 0 unspecified atom stereocenters. The van der Waals surface area contributed by atoms with Crippen LogP contribution in [-0.4, -0.2) is 418 Å². The van der Waals surface area contributed by atoms with Crippen molar-refractivity contribution in [3.05, 3.63) is 119 Å². The van der Waals surface area contributed by atoms with E-state index < -0.39 is 178 Å². The number of carboxylic acid groups (broad SMARTS) is 7. The lowest BCUT2D eigenvalue weighted by Gasteiger charge is -2.33. The Morgan fingerprint density at radius 2 is 0.745 bits per heavy atom. The first-order chi connectivity index (χ1) is 67.7. The molecular formula is C93H129N19O29. The number of aromatic nitrogens is 4. The highest BCUT2D eigenvalue weighted by atomic mass is 16.6. The third-order valence-corrected chi connectivity index (χ3v) is 23.1. The maximum Gasteiger partial charge on any atom is 0.317 e. The van der Waals surface area contributed by atoms with Gasteiger partial charge < -0.3 is 131 Å². The Kier molecular flexibility index (Phi) is 46.2. The molecule has 5 atom stereocenters. The Bertz CT molecular complexity index is 5120. The standard InChI is InChI=1S/C93H129N19O29/c1-105(55-76-98-67-11-3-4-12-68(67)99-76)90(132)61-15-17-65-63(49-61)53-111(92(134)74(96-65)51-82(119)120)27-9-39-138-43-47-140-45-41-136-37-7-25-94-78(113)22-19-71(103-89(131)73(21-24-81(117)118)104-88(130)72(20-23-80(115)116)102-79(114)57-107-29-31-108(58-84(123)124)33-35-110(60-86(127)128)36-34-109(32-30-107)59-85(125)126)87(129)95-26-8-38-137-42-46-141-48-44-139-40-10-28-112-54-64-50-62(16-18-66(64)97-75(93(112)135)52-83(121)122)91(133)106(2)56-77-100-69-13-5-6-14-70(69)101-77/h3-6,11-18,49-50,71-75,96-97H,7-10,19-48,51-60H2,1-2H3,(H,94,113)(H,95,129)(H,98,99)(H,100,101)(H,102,114)(H,103,131)(H,104,130)(H,115,116)(H,117,118)(H,119,120)(H,121,122)(H,123,124)(H,125,126)(H,127,128)/t71-,72-,73-,74-,75-/m0/s1. The molecule has 48 nitrogen and oxygen atoms in total. The summed E-state index contributed by atoms with van der Waals surface area (Å²) >= 11 is 0. The van der Waals surface area contributed by atoms with Crippen LogP contribution in [0.3, 0.4) is 0 Å². The number of aromatic amines is 2. The van der Waals surface area contributed by atoms with Crippen molar-refractivity contribution in [1.29, 1.82) is 0 Å². The highest BCUT2D eigenvalue weighted by Crippen LogP contribution is 2.30. The normalized spacial score (nSPS) is 15.8. The van der Waals surface area contributed by atoms with Crippen LogP contribution in [0.25, 0.3) is 22.1 Å². The zero-order valence-electron chi connectivity index (χ0n) is 79.2. The fourth-order valence-electron chi connectivity index (χ4n) is 15.9. The number of imidazole rings is 2. The number of aliphatic carboxylic acids is 7. The van der Waals surface area contributed by atoms with Gasteiger partial charge >= 0.3 is 41.8 Å². The van der Waals surface area contributed by atoms with Crippen LogP contribution in [-0.2, 0) is 122 Å². The van der Waals surface area contributed by atoms with Gasteiger partial charge in [-0.25, -0.2) is 9.97 Å². The second-order valence-corrected chi connectivity index (χ2v) is 34.2. The molecular weight excluding hydrogens is 1850 g/mol. The van der Waals surface area contributed by atoms with E-state index in [-0.39, 0.29) is 215 Å². The summed E-state index contributed by atoms with van der Waals surface area (Å²) in [5.74, 6) is -13.4. The predicted molar refractivity (Wildman–Crippen MR) is 504 cm³/mol. The van der Waals surface area contributed by atoms with Crippen molar-refractivity contribution in [2.45, 2.75) is 133 Å². The molecule has 5 heterocycles. The number of para-hydroxylation sites is 4. The zero-order chi connectivity index (χ0) is 102. The van der Waals surface area contributed by atoms with Gasteiger partial charge in [-0.15, -0.1) is 0 Å². The summed E-state index contributed by atoms with van der Waals surface area (Å²) in [5, 5.41) is 87.1. The molecule has 770 valence electrons. The minimum atomic E-state index is -1.76. The molecule has 6 aromatic rings. The van der Waals surface area contributed by atoms with E-state index in [1.165, 1.54) is 24.5 Å². The van der Waals surface area contributed by atoms with E-state index in [9.17, 15) is 112 Å². The van der Waals surface area contributed by atoms with Gasteiger partial charge in [0, 0.05) is 174 Å². The molecule has 16 N–H and O–H groups in total. The molecule has 1 saturated heterocycles. The number of carbonyl (C=O) groups excluding carboxylic acids is 9. The second-order valence-electron chi connectivity index (χ2n) is 34.2. The summed E-state index contributed by atoms with van der Waals surface area (Å²) in [5.41, 5.74) is 6.22. The van der Waals surface area contributed by atoms with Gasteiger partial charge in [0.2, 0.25) is 41.4 Å². The van der Waals surface area contributed by atoms with Crippen LogP contribution in [0.4, 0.5) is 11.4 Å². The number of nitrogens with zero attached hydrogens (tertiary/aromatic N) is 10. The van der Waals surface area contributed by atoms with E-state index >= 15 is 0 Å². The molecule has 0 spiro atoms. The fourth-order valence-corrected chi connectivity index (χ4v) is 15.9. The Labute approximate surface area is 812 Å². The molecule has 9 amide bonds. The highest BCUT2D eigenvalue weighted by molar-refractivity contribution is 5.98. The third-order valence-electron chi connectivity index (χ3n) is 23.1. The van der Waals surface area contributed by atoms with E-state index in [1.54, 1.807) is 65.2 Å². The van der Waals surface area contributed by atoms with Gasteiger partial charge in [-0.3, -0.25) is 96.3 Å². The minimum absolute atomic E-state index is 0.00965. The maximum absolute atomic E-state index is 14.4. The van der Waals surface area contributed by atoms with Crippen LogP contribution in [0, 0.1) is 0 Å². The summed E-state index contributed by atoms with van der Waals surface area (Å²) < 4.78 is 34.4. The topological polar surface area (TPSA) is 638 Å². The number of carbonyl (C=O) groups is 16. The van der Waals surface area contributed by atoms with Gasteiger partial charge in [-0.1, -0.05) is 24.3 Å². The molecule has 1 fully saturated rings. The molecule has 0 saturated carbocycles. The van der Waals surface area contributed by atoms with Gasteiger partial charge in [-0.2, -0.15) is 0 Å². The van der Waals surface area contributed by atoms with Gasteiger partial charge in [0.25, 0.3) is 11.8 Å². The van der Waals surface area contributed by atoms with Crippen molar-refractivity contribution >= 4 is 128 Å². The molecule has 3 aliphatic heterocycles. The number of hydrogen-bond donors (Lipinski definition) is 16. The molecule has 141 heavy (non-hydrogen) atoms. The van der Waals surface area contributed by atoms with Crippen molar-refractivity contribution in [2.75, 3.05) is 209 Å². The van der Waals surface area contributed by atoms with E-state index in [1.807, 2.05) is 48.5 Å². The number of nitrogens with one attached hydrogen (secondary N) is 9. The van der Waals surface area contributed by atoms with E-state index in [0.29, 0.717) is 64.5 Å². The fraction of sp³-hybridized carbons (Fsp3) is 0.548. The first kappa shape index (κ1) is 111. The summed E-state index contributed by atoms with van der Waals surface area (Å²) in [7, 11) is 3.31. The lowest BCUT2D eigenvalue weighted by atomic mass is 10.1. The van der Waals surface area contributed by atoms with Crippen LogP contribution in [0.15, 0.2) is 84.9 Å². The van der Waals surface area contributed by atoms with Crippen LogP contribution in [0.2, 0.25) is 0 Å². The largest absolute Gasteiger partial charge is 0.481 e. The van der Waals surface area contributed by atoms with Crippen molar-refractivity contribution in [3.8, 4) is 0 Å². The monoisotopic (exact) mass is 1980 g/mol. The van der Waals surface area contributed by atoms with E-state index in [0.717, 1.165) is 22.1 Å². The van der Waals surface area contributed by atoms with Gasteiger partial charge in [0.05, 0.1) is 127 Å². The average molecular weight is 1980 g/mol. The smallest absolute Gasteiger partial charge is 0.317 e. The average Bonchev–Trinajstić information content (AvgIpc) is 1.69. The third kappa shape index (κ3) is 39.3. The molecule has 4 aromatic carbocycles. The summed E-state index contributed by atoms with van der Waals surface area (Å²) in [6.45, 7) is 1.64. The van der Waals surface area contributed by atoms with Crippen LogP contribution in [0.5, 0.6) is 0 Å². The van der Waals surface area contributed by atoms with Crippen LogP contribution >= 0.6 is 0 Å². The molecule has 0 bridgehead atoms. The van der Waals surface area contributed by atoms with Gasteiger partial charge in [0.1, 0.15) is 41.9 Å². The lowest BCUT2D eigenvalue weighted by molar-refractivity contribution is -0.141. The first-order valence-corrected chi connectivity index (χ1v) is 46.8. The van der Waals surface area contributed by atoms with E-state index in [2.05, 4.69) is 57.2 Å². The Morgan fingerprint density at radius 1 is 0.397 bits per heavy atom. The number of H-pyrrole nitrogens is 2. The second kappa shape index (κ2) is 58.6. The molecule has 48 heteroatoms. The number of ether oxygens (including phenoxy) is 6. The number of benzene rings is 4. The number of carboxylic acids is 7. The number of anilines is 2. The summed E-state index contributed by atoms with van der Waals surface area (Å²) in [4.78, 5) is 237. The number of fused-ring (bicyclic) bond motifs is 4. The lowest BCUT2D eigenvalue weighted by Crippen LogP contribution is -2.57. The molecule has 0 radical (unpaired) electrons. The Hall–Kier alpha value is -13.5. The van der Waals surface area contributed by atoms with Crippen molar-refractivity contribution in [1.82, 2.24) is 85.7 Å². The summed E-state index contributed by atoms with van der Waals surface area (Å²) in [6, 6.07) is 17.9. The Morgan fingerprint density at radius 3 is 1.12 bits per heavy atom. The van der Waals surface area contributed by atoms with Gasteiger partial charge in [0.15, 0.2) is 0 Å². The van der Waals surface area contributed by atoms with Crippen molar-refractivity contribution < 1.29 is 141 Å². The number of rotatable bonds is 61. The maximum atomic E-state index is 14.4. The van der Waals surface area contributed by atoms with Crippen molar-refractivity contribution in [3.63, 3.8) is 0 Å². The van der Waals surface area contributed by atoms with Crippen molar-refractivity contribution in [2.24, 2.45) is 0 Å². The minimum Gasteiger partial charge on any atom is -0.481 e. The molecule has 9 rings (SSSR count). The highest BCUT2D eigenvalue weighted by Gasteiger charge is 2.37. The van der Waals surface area contributed by atoms with Crippen LogP contribution in [0.1, 0.15) is 121 Å². The molecule has 0 aliphatic carbocycles.